The minimum Gasteiger partial charge on any atom is -0.379 e. The lowest BCUT2D eigenvalue weighted by molar-refractivity contribution is 0.0155. The van der Waals surface area contributed by atoms with Gasteiger partial charge in [0.05, 0.1) is 25.6 Å². The van der Waals surface area contributed by atoms with Crippen LogP contribution >= 0.6 is 10.7 Å². The number of rotatable bonds is 8. The smallest absolute Gasteiger partial charge is 0.233 e. The first kappa shape index (κ1) is 15.2. The fourth-order valence-corrected chi connectivity index (χ4v) is 4.17. The number of halogens is 1. The van der Waals surface area contributed by atoms with Crippen molar-refractivity contribution in [3.63, 3.8) is 0 Å². The zero-order valence-electron chi connectivity index (χ0n) is 10.3. The number of hydrogen-bond acceptors (Lipinski definition) is 4. The van der Waals surface area contributed by atoms with Gasteiger partial charge in [-0.2, -0.15) is 0 Å². The van der Waals surface area contributed by atoms with Crippen molar-refractivity contribution >= 4 is 19.7 Å². The zero-order valence-corrected chi connectivity index (χ0v) is 11.9. The lowest BCUT2D eigenvalue weighted by Crippen LogP contribution is -2.31. The summed E-state index contributed by atoms with van der Waals surface area (Å²) in [5.74, 6) is 0.0240. The van der Waals surface area contributed by atoms with Crippen LogP contribution in [-0.4, -0.2) is 40.6 Å². The second-order valence-electron chi connectivity index (χ2n) is 4.64. The van der Waals surface area contributed by atoms with E-state index in [-0.39, 0.29) is 11.2 Å². The van der Waals surface area contributed by atoms with E-state index in [1.165, 1.54) is 0 Å². The van der Waals surface area contributed by atoms with Crippen molar-refractivity contribution in [2.45, 2.75) is 32.6 Å². The highest BCUT2D eigenvalue weighted by Crippen LogP contribution is 2.40. The second kappa shape index (κ2) is 6.92. The molecule has 1 aliphatic carbocycles. The van der Waals surface area contributed by atoms with Crippen LogP contribution in [0.1, 0.15) is 32.6 Å². The van der Waals surface area contributed by atoms with Gasteiger partial charge in [0.25, 0.3) is 0 Å². The first-order chi connectivity index (χ1) is 7.97. The van der Waals surface area contributed by atoms with E-state index in [1.807, 2.05) is 6.92 Å². The van der Waals surface area contributed by atoms with Crippen molar-refractivity contribution in [1.82, 2.24) is 0 Å². The molecule has 0 aliphatic heterocycles. The summed E-state index contributed by atoms with van der Waals surface area (Å²) in [6, 6.07) is 0. The fourth-order valence-electron chi connectivity index (χ4n) is 2.37. The summed E-state index contributed by atoms with van der Waals surface area (Å²) in [5, 5.41) is 0. The predicted octanol–water partition coefficient (Wildman–Crippen LogP) is 2.17. The second-order valence-corrected chi connectivity index (χ2v) is 7.42. The van der Waals surface area contributed by atoms with Gasteiger partial charge in [0.15, 0.2) is 0 Å². The molecule has 4 nitrogen and oxygen atoms in total. The maximum atomic E-state index is 11.2. The Hall–Kier alpha value is 0.160. The maximum Gasteiger partial charge on any atom is 0.233 e. The molecule has 0 atom stereocenters. The molecule has 0 aromatic heterocycles. The molecule has 0 N–H and O–H groups in total. The van der Waals surface area contributed by atoms with Gasteiger partial charge in [-0.05, 0) is 19.8 Å². The molecule has 1 fully saturated rings. The van der Waals surface area contributed by atoms with Gasteiger partial charge in [0.1, 0.15) is 0 Å². The topological polar surface area (TPSA) is 52.6 Å². The van der Waals surface area contributed by atoms with E-state index in [1.54, 1.807) is 0 Å². The van der Waals surface area contributed by atoms with Crippen LogP contribution in [0, 0.1) is 5.41 Å². The summed E-state index contributed by atoms with van der Waals surface area (Å²) >= 11 is 0. The van der Waals surface area contributed by atoms with Crippen LogP contribution in [0.15, 0.2) is 0 Å². The first-order valence-electron chi connectivity index (χ1n) is 6.05. The van der Waals surface area contributed by atoms with E-state index >= 15 is 0 Å². The standard InChI is InChI=1S/C11H21ClO4S/c1-2-15-7-8-16-9-11(5-3-4-6-11)10-17(12,13)14/h2-10H2,1H3. The minimum atomic E-state index is -3.45. The van der Waals surface area contributed by atoms with Crippen molar-refractivity contribution in [1.29, 1.82) is 0 Å². The molecule has 17 heavy (non-hydrogen) atoms. The third-order valence-electron chi connectivity index (χ3n) is 3.13. The Morgan fingerprint density at radius 1 is 1.18 bits per heavy atom. The van der Waals surface area contributed by atoms with E-state index < -0.39 is 9.05 Å². The Bertz CT molecular complexity index is 309. The fraction of sp³-hybridized carbons (Fsp3) is 1.00. The highest BCUT2D eigenvalue weighted by molar-refractivity contribution is 8.13. The normalized spacial score (nSPS) is 19.6. The van der Waals surface area contributed by atoms with Crippen molar-refractivity contribution in [2.24, 2.45) is 5.41 Å². The van der Waals surface area contributed by atoms with Crippen molar-refractivity contribution < 1.29 is 17.9 Å². The summed E-state index contributed by atoms with van der Waals surface area (Å²) in [7, 11) is 1.90. The number of hydrogen-bond donors (Lipinski definition) is 0. The van der Waals surface area contributed by atoms with Crippen molar-refractivity contribution in [3.05, 3.63) is 0 Å². The van der Waals surface area contributed by atoms with Crippen LogP contribution in [0.4, 0.5) is 0 Å². The van der Waals surface area contributed by atoms with Gasteiger partial charge in [0, 0.05) is 22.7 Å². The van der Waals surface area contributed by atoms with Crippen LogP contribution in [0.5, 0.6) is 0 Å². The molecule has 102 valence electrons. The Morgan fingerprint density at radius 2 is 1.76 bits per heavy atom. The molecule has 0 saturated heterocycles. The molecule has 0 aromatic rings. The van der Waals surface area contributed by atoms with Crippen molar-refractivity contribution in [2.75, 3.05) is 32.2 Å². The van der Waals surface area contributed by atoms with Gasteiger partial charge >= 0.3 is 0 Å². The molecule has 0 unspecified atom stereocenters. The molecule has 1 aliphatic rings. The average molecular weight is 285 g/mol. The van der Waals surface area contributed by atoms with E-state index in [2.05, 4.69) is 0 Å². The summed E-state index contributed by atoms with van der Waals surface area (Å²) in [5.41, 5.74) is -0.271. The number of ether oxygens (including phenoxy) is 2. The average Bonchev–Trinajstić information content (AvgIpc) is 2.64. The highest BCUT2D eigenvalue weighted by Gasteiger charge is 2.38. The van der Waals surface area contributed by atoms with E-state index in [9.17, 15) is 8.42 Å². The summed E-state index contributed by atoms with van der Waals surface area (Å²) in [6.07, 6.45) is 3.88. The molecule has 1 rings (SSSR count). The van der Waals surface area contributed by atoms with Crippen LogP contribution in [0.2, 0.25) is 0 Å². The molecule has 1 saturated carbocycles. The van der Waals surface area contributed by atoms with Crippen LogP contribution < -0.4 is 0 Å². The molecule has 0 heterocycles. The van der Waals surface area contributed by atoms with Crippen LogP contribution in [0.3, 0.4) is 0 Å². The van der Waals surface area contributed by atoms with Crippen molar-refractivity contribution in [3.8, 4) is 0 Å². The quantitative estimate of drug-likeness (QED) is 0.506. The molecular weight excluding hydrogens is 264 g/mol. The monoisotopic (exact) mass is 284 g/mol. The van der Waals surface area contributed by atoms with E-state index in [0.29, 0.717) is 26.4 Å². The summed E-state index contributed by atoms with van der Waals surface area (Å²) in [4.78, 5) is 0. The zero-order chi connectivity index (χ0) is 12.8. The van der Waals surface area contributed by atoms with Gasteiger partial charge < -0.3 is 9.47 Å². The molecule has 0 amide bonds. The van der Waals surface area contributed by atoms with Gasteiger partial charge in [-0.1, -0.05) is 12.8 Å². The molecule has 0 spiro atoms. The van der Waals surface area contributed by atoms with E-state index in [4.69, 9.17) is 20.2 Å². The van der Waals surface area contributed by atoms with Gasteiger partial charge in [-0.3, -0.25) is 0 Å². The third kappa shape index (κ3) is 6.04. The Kier molecular flexibility index (Phi) is 6.20. The Labute approximate surface area is 108 Å². The van der Waals surface area contributed by atoms with Crippen LogP contribution in [-0.2, 0) is 18.5 Å². The van der Waals surface area contributed by atoms with Gasteiger partial charge in [-0.15, -0.1) is 0 Å². The van der Waals surface area contributed by atoms with Crippen LogP contribution in [0.25, 0.3) is 0 Å². The highest BCUT2D eigenvalue weighted by atomic mass is 35.7. The maximum absolute atomic E-state index is 11.2. The SMILES string of the molecule is CCOCCOCC1(CS(=O)(=O)Cl)CCCC1. The van der Waals surface area contributed by atoms with Gasteiger partial charge in [-0.25, -0.2) is 8.42 Å². The largest absolute Gasteiger partial charge is 0.379 e. The molecule has 0 radical (unpaired) electrons. The first-order valence-corrected chi connectivity index (χ1v) is 8.53. The lowest BCUT2D eigenvalue weighted by Gasteiger charge is -2.27. The molecule has 0 aromatic carbocycles. The van der Waals surface area contributed by atoms with E-state index in [0.717, 1.165) is 25.7 Å². The van der Waals surface area contributed by atoms with Gasteiger partial charge in [0.2, 0.25) is 9.05 Å². The Balaban J connectivity index is 2.38. The Morgan fingerprint density at radius 3 is 2.29 bits per heavy atom. The molecule has 0 bridgehead atoms. The molecular formula is C11H21ClO4S. The summed E-state index contributed by atoms with van der Waals surface area (Å²) < 4.78 is 33.1. The predicted molar refractivity (Wildman–Crippen MR) is 67.9 cm³/mol. The lowest BCUT2D eigenvalue weighted by atomic mass is 9.90. The minimum absolute atomic E-state index is 0.0240. The summed E-state index contributed by atoms with van der Waals surface area (Å²) in [6.45, 7) is 4.13. The molecule has 6 heteroatoms. The third-order valence-corrected chi connectivity index (χ3v) is 4.41.